The maximum Gasteiger partial charge on any atom is 0.256 e. The van der Waals surface area contributed by atoms with E-state index in [0.29, 0.717) is 27.4 Å². The number of carbonyl (C=O) groups excluding carboxylic acids is 2. The summed E-state index contributed by atoms with van der Waals surface area (Å²) in [5.74, 6) is -1.00. The molecular formula is C22H16FN3O2S. The molecule has 3 rings (SSSR count). The number of nitrogens with one attached hydrogen (secondary N) is 2. The summed E-state index contributed by atoms with van der Waals surface area (Å²) < 4.78 is 13.3. The fourth-order valence-electron chi connectivity index (χ4n) is 2.55. The number of anilines is 2. The molecule has 0 spiro atoms. The van der Waals surface area contributed by atoms with Crippen molar-refractivity contribution in [3.05, 3.63) is 89.7 Å². The zero-order valence-electron chi connectivity index (χ0n) is 15.2. The first-order chi connectivity index (χ1) is 14.0. The third kappa shape index (κ3) is 5.67. The third-order valence-corrected chi connectivity index (χ3v) is 4.92. The van der Waals surface area contributed by atoms with E-state index >= 15 is 0 Å². The Balaban J connectivity index is 1.65. The fourth-order valence-corrected chi connectivity index (χ4v) is 3.40. The molecule has 29 heavy (non-hydrogen) atoms. The summed E-state index contributed by atoms with van der Waals surface area (Å²) in [5, 5.41) is 14.3. The lowest BCUT2D eigenvalue weighted by atomic mass is 10.2. The molecular weight excluding hydrogens is 389 g/mol. The number of nitriles is 1. The van der Waals surface area contributed by atoms with Gasteiger partial charge in [0.25, 0.3) is 5.91 Å². The molecule has 0 radical (unpaired) electrons. The molecule has 0 heterocycles. The van der Waals surface area contributed by atoms with Crippen LogP contribution in [0.25, 0.3) is 0 Å². The zero-order chi connectivity index (χ0) is 20.6. The molecule has 0 aliphatic heterocycles. The fraction of sp³-hybridized carbons (Fsp3) is 0.0455. The van der Waals surface area contributed by atoms with E-state index in [0.717, 1.165) is 0 Å². The Morgan fingerprint density at radius 3 is 2.41 bits per heavy atom. The lowest BCUT2D eigenvalue weighted by Gasteiger charge is -2.10. The summed E-state index contributed by atoms with van der Waals surface area (Å²) >= 11 is 1.21. The minimum Gasteiger partial charge on any atom is -0.325 e. The molecule has 5 nitrogen and oxygen atoms in total. The molecule has 0 aliphatic rings. The van der Waals surface area contributed by atoms with Gasteiger partial charge in [-0.3, -0.25) is 9.59 Å². The predicted molar refractivity (Wildman–Crippen MR) is 111 cm³/mol. The first-order valence-electron chi connectivity index (χ1n) is 8.64. The lowest BCUT2D eigenvalue weighted by Crippen LogP contribution is -2.16. The van der Waals surface area contributed by atoms with E-state index in [9.17, 15) is 14.0 Å². The number of halogens is 1. The van der Waals surface area contributed by atoms with Crippen molar-refractivity contribution in [1.29, 1.82) is 5.26 Å². The van der Waals surface area contributed by atoms with E-state index in [-0.39, 0.29) is 17.6 Å². The Kier molecular flexibility index (Phi) is 6.61. The monoisotopic (exact) mass is 405 g/mol. The number of nitrogens with zero attached hydrogens (tertiary/aromatic N) is 1. The van der Waals surface area contributed by atoms with Crippen LogP contribution in [0.2, 0.25) is 0 Å². The minimum atomic E-state index is -0.442. The number of thioether (sulfide) groups is 1. The predicted octanol–water partition coefficient (Wildman–Crippen LogP) is 4.68. The lowest BCUT2D eigenvalue weighted by molar-refractivity contribution is -0.113. The van der Waals surface area contributed by atoms with Crippen LogP contribution in [-0.2, 0) is 4.79 Å². The number of amides is 2. The molecule has 0 saturated heterocycles. The molecule has 3 aromatic rings. The van der Waals surface area contributed by atoms with Crippen LogP contribution in [0.4, 0.5) is 15.8 Å². The second-order valence-electron chi connectivity index (χ2n) is 5.99. The molecule has 2 N–H and O–H groups in total. The van der Waals surface area contributed by atoms with Crippen molar-refractivity contribution in [1.82, 2.24) is 0 Å². The first-order valence-corrected chi connectivity index (χ1v) is 9.62. The maximum absolute atomic E-state index is 13.3. The number of benzene rings is 3. The number of rotatable bonds is 6. The summed E-state index contributed by atoms with van der Waals surface area (Å²) in [6.07, 6.45) is 0. The summed E-state index contributed by atoms with van der Waals surface area (Å²) in [6.45, 7) is 0. The van der Waals surface area contributed by atoms with Crippen molar-refractivity contribution < 1.29 is 14.0 Å². The number of carbonyl (C=O) groups is 2. The highest BCUT2D eigenvalue weighted by molar-refractivity contribution is 8.00. The quantitative estimate of drug-likeness (QED) is 0.584. The van der Waals surface area contributed by atoms with Crippen molar-refractivity contribution in [3.8, 4) is 6.07 Å². The highest BCUT2D eigenvalue weighted by Crippen LogP contribution is 2.24. The van der Waals surface area contributed by atoms with Crippen molar-refractivity contribution in [2.24, 2.45) is 0 Å². The Labute approximate surface area is 171 Å². The van der Waals surface area contributed by atoms with Gasteiger partial charge >= 0.3 is 0 Å². The van der Waals surface area contributed by atoms with Crippen LogP contribution < -0.4 is 10.6 Å². The largest absolute Gasteiger partial charge is 0.325 e. The van der Waals surface area contributed by atoms with Crippen molar-refractivity contribution in [2.45, 2.75) is 4.90 Å². The van der Waals surface area contributed by atoms with Crippen LogP contribution in [0, 0.1) is 17.1 Å². The molecule has 0 bridgehead atoms. The average molecular weight is 405 g/mol. The van der Waals surface area contributed by atoms with Crippen LogP contribution in [0.1, 0.15) is 15.9 Å². The van der Waals surface area contributed by atoms with E-state index in [1.807, 2.05) is 6.07 Å². The van der Waals surface area contributed by atoms with Gasteiger partial charge in [-0.1, -0.05) is 24.3 Å². The van der Waals surface area contributed by atoms with E-state index in [1.54, 1.807) is 54.6 Å². The van der Waals surface area contributed by atoms with Gasteiger partial charge in [-0.15, -0.1) is 11.8 Å². The Bertz CT molecular complexity index is 1100. The van der Waals surface area contributed by atoms with E-state index in [4.69, 9.17) is 5.26 Å². The summed E-state index contributed by atoms with van der Waals surface area (Å²) in [4.78, 5) is 25.4. The molecule has 2 amide bonds. The van der Waals surface area contributed by atoms with Crippen LogP contribution in [0.3, 0.4) is 0 Å². The van der Waals surface area contributed by atoms with E-state index in [2.05, 4.69) is 10.6 Å². The van der Waals surface area contributed by atoms with Crippen molar-refractivity contribution in [3.63, 3.8) is 0 Å². The number of hydrogen-bond acceptors (Lipinski definition) is 4. The Hall–Kier alpha value is -3.63. The normalized spacial score (nSPS) is 10.1. The molecule has 0 aliphatic carbocycles. The summed E-state index contributed by atoms with van der Waals surface area (Å²) in [7, 11) is 0. The number of hydrogen-bond donors (Lipinski definition) is 2. The molecule has 0 unspecified atom stereocenters. The van der Waals surface area contributed by atoms with Crippen LogP contribution in [-0.4, -0.2) is 17.6 Å². The summed E-state index contributed by atoms with van der Waals surface area (Å²) in [6, 6.07) is 21.2. The highest BCUT2D eigenvalue weighted by Gasteiger charge is 2.13. The van der Waals surface area contributed by atoms with Crippen LogP contribution in [0.5, 0.6) is 0 Å². The topological polar surface area (TPSA) is 82.0 Å². The molecule has 0 fully saturated rings. The van der Waals surface area contributed by atoms with Crippen molar-refractivity contribution >= 4 is 35.0 Å². The van der Waals surface area contributed by atoms with Gasteiger partial charge in [0, 0.05) is 16.3 Å². The third-order valence-electron chi connectivity index (χ3n) is 3.85. The molecule has 144 valence electrons. The molecule has 7 heteroatoms. The Morgan fingerprint density at radius 1 is 0.931 bits per heavy atom. The second kappa shape index (κ2) is 9.53. The Morgan fingerprint density at radius 2 is 1.66 bits per heavy atom. The van der Waals surface area contributed by atoms with Crippen LogP contribution >= 0.6 is 11.8 Å². The smallest absolute Gasteiger partial charge is 0.256 e. The van der Waals surface area contributed by atoms with Gasteiger partial charge < -0.3 is 10.6 Å². The first kappa shape index (κ1) is 20.1. The van der Waals surface area contributed by atoms with E-state index in [1.165, 1.54) is 30.0 Å². The highest BCUT2D eigenvalue weighted by atomic mass is 32.2. The minimum absolute atomic E-state index is 0.0844. The second-order valence-corrected chi connectivity index (χ2v) is 7.01. The van der Waals surface area contributed by atoms with Crippen LogP contribution in [0.15, 0.2) is 77.7 Å². The van der Waals surface area contributed by atoms with Gasteiger partial charge in [0.15, 0.2) is 0 Å². The average Bonchev–Trinajstić information content (AvgIpc) is 2.72. The molecule has 0 aromatic heterocycles. The maximum atomic E-state index is 13.3. The molecule has 0 saturated carbocycles. The van der Waals surface area contributed by atoms with Crippen molar-refractivity contribution in [2.75, 3.05) is 16.4 Å². The van der Waals surface area contributed by atoms with Gasteiger partial charge in [0.05, 0.1) is 22.9 Å². The van der Waals surface area contributed by atoms with E-state index < -0.39 is 5.82 Å². The van der Waals surface area contributed by atoms with Gasteiger partial charge in [-0.2, -0.15) is 5.26 Å². The van der Waals surface area contributed by atoms with Gasteiger partial charge in [-0.25, -0.2) is 4.39 Å². The summed E-state index contributed by atoms with van der Waals surface area (Å²) in [5.41, 5.74) is 1.73. The van der Waals surface area contributed by atoms with Gasteiger partial charge in [0.2, 0.25) is 5.91 Å². The van der Waals surface area contributed by atoms with Gasteiger partial charge in [-0.05, 0) is 48.5 Å². The SMILES string of the molecule is N#Cc1cccc(NC(=O)CSc2ccccc2C(=O)Nc2cccc(F)c2)c1. The molecule has 0 atom stereocenters. The van der Waals surface area contributed by atoms with Gasteiger partial charge in [0.1, 0.15) is 5.82 Å². The zero-order valence-corrected chi connectivity index (χ0v) is 16.0. The standard InChI is InChI=1S/C22H16FN3O2S/c23-16-6-4-8-18(12-16)26-22(28)19-9-1-2-10-20(19)29-14-21(27)25-17-7-3-5-15(11-17)13-24/h1-12H,14H2,(H,25,27)(H,26,28). The molecule has 3 aromatic carbocycles.